The highest BCUT2D eigenvalue weighted by Crippen LogP contribution is 2.23. The Kier molecular flexibility index (Phi) is 4.44. The fraction of sp³-hybridized carbons (Fsp3) is 0.667. The minimum atomic E-state index is 0.209. The van der Waals surface area contributed by atoms with Gasteiger partial charge >= 0.3 is 0 Å². The lowest BCUT2D eigenvalue weighted by atomic mass is 10.1. The van der Waals surface area contributed by atoms with Crippen LogP contribution in [0.1, 0.15) is 37.3 Å². The number of morpholine rings is 1. The van der Waals surface area contributed by atoms with Gasteiger partial charge in [-0.1, -0.05) is 0 Å². The molecule has 22 heavy (non-hydrogen) atoms. The molecule has 1 aliphatic rings. The van der Waals surface area contributed by atoms with Crippen molar-refractivity contribution in [2.45, 2.75) is 52.8 Å². The second kappa shape index (κ2) is 6.34. The number of thiazole rings is 1. The topological polar surface area (TPSA) is 56.1 Å². The van der Waals surface area contributed by atoms with Crippen molar-refractivity contribution in [1.82, 2.24) is 19.7 Å². The van der Waals surface area contributed by atoms with Gasteiger partial charge in [0.2, 0.25) is 5.95 Å². The third kappa shape index (κ3) is 2.87. The molecule has 120 valence electrons. The molecule has 2 unspecified atom stereocenters. The SMILES string of the molecule is CCn1c(Cc2nc(C)cs2)nnc1N1CCOC(C)C1C. The zero-order chi connectivity index (χ0) is 15.7. The highest BCUT2D eigenvalue weighted by atomic mass is 32.1. The van der Waals surface area contributed by atoms with E-state index in [4.69, 9.17) is 4.74 Å². The number of aromatic nitrogens is 4. The van der Waals surface area contributed by atoms with Crippen molar-refractivity contribution < 1.29 is 4.74 Å². The lowest BCUT2D eigenvalue weighted by Gasteiger charge is -2.38. The van der Waals surface area contributed by atoms with E-state index >= 15 is 0 Å². The van der Waals surface area contributed by atoms with Crippen molar-refractivity contribution in [2.75, 3.05) is 18.1 Å². The number of hydrogen-bond acceptors (Lipinski definition) is 6. The van der Waals surface area contributed by atoms with Crippen LogP contribution in [0.25, 0.3) is 0 Å². The van der Waals surface area contributed by atoms with E-state index in [9.17, 15) is 0 Å². The van der Waals surface area contributed by atoms with Crippen LogP contribution in [0.4, 0.5) is 5.95 Å². The van der Waals surface area contributed by atoms with Crippen LogP contribution in [-0.4, -0.2) is 45.0 Å². The van der Waals surface area contributed by atoms with Crippen LogP contribution in [0.5, 0.6) is 0 Å². The van der Waals surface area contributed by atoms with Gasteiger partial charge in [-0.05, 0) is 27.7 Å². The quantitative estimate of drug-likeness (QED) is 0.864. The minimum absolute atomic E-state index is 0.209. The molecule has 0 bridgehead atoms. The van der Waals surface area contributed by atoms with Crippen molar-refractivity contribution in [3.05, 3.63) is 21.9 Å². The summed E-state index contributed by atoms with van der Waals surface area (Å²) >= 11 is 1.68. The average molecular weight is 321 g/mol. The summed E-state index contributed by atoms with van der Waals surface area (Å²) in [4.78, 5) is 6.84. The highest BCUT2D eigenvalue weighted by Gasteiger charge is 2.29. The first-order chi connectivity index (χ1) is 10.6. The monoisotopic (exact) mass is 321 g/mol. The number of hydrogen-bond donors (Lipinski definition) is 0. The van der Waals surface area contributed by atoms with Crippen LogP contribution in [0.15, 0.2) is 5.38 Å². The standard InChI is InChI=1S/C15H23N5OS/c1-5-19-13(8-14-16-10(2)9-22-14)17-18-15(19)20-6-7-21-12(4)11(20)3/h9,11-12H,5-8H2,1-4H3. The van der Waals surface area contributed by atoms with Gasteiger partial charge in [0.25, 0.3) is 0 Å². The first-order valence-corrected chi connectivity index (χ1v) is 8.69. The molecule has 0 spiro atoms. The summed E-state index contributed by atoms with van der Waals surface area (Å²) in [5.41, 5.74) is 1.07. The zero-order valence-electron chi connectivity index (χ0n) is 13.6. The number of nitrogens with zero attached hydrogens (tertiary/aromatic N) is 5. The van der Waals surface area contributed by atoms with E-state index in [0.717, 1.165) is 48.6 Å². The maximum Gasteiger partial charge on any atom is 0.227 e. The summed E-state index contributed by atoms with van der Waals surface area (Å²) in [6.07, 6.45) is 0.953. The molecule has 0 N–H and O–H groups in total. The largest absolute Gasteiger partial charge is 0.375 e. The van der Waals surface area contributed by atoms with Crippen LogP contribution in [-0.2, 0) is 17.7 Å². The van der Waals surface area contributed by atoms with Gasteiger partial charge in [0.1, 0.15) is 10.8 Å². The summed E-state index contributed by atoms with van der Waals surface area (Å²) in [6, 6.07) is 0.304. The molecular weight excluding hydrogens is 298 g/mol. The molecule has 2 aromatic heterocycles. The Morgan fingerprint density at radius 3 is 2.86 bits per heavy atom. The van der Waals surface area contributed by atoms with Gasteiger partial charge in [-0.15, -0.1) is 21.5 Å². The summed E-state index contributed by atoms with van der Waals surface area (Å²) in [7, 11) is 0. The molecule has 2 atom stereocenters. The number of anilines is 1. The lowest BCUT2D eigenvalue weighted by Crippen LogP contribution is -2.49. The maximum absolute atomic E-state index is 5.71. The van der Waals surface area contributed by atoms with E-state index in [-0.39, 0.29) is 6.10 Å². The van der Waals surface area contributed by atoms with E-state index in [1.165, 1.54) is 0 Å². The molecule has 3 rings (SSSR count). The fourth-order valence-electron chi connectivity index (χ4n) is 2.83. The first kappa shape index (κ1) is 15.4. The molecule has 7 heteroatoms. The second-order valence-corrected chi connectivity index (χ2v) is 6.67. The van der Waals surface area contributed by atoms with E-state index in [1.807, 2.05) is 6.92 Å². The van der Waals surface area contributed by atoms with E-state index in [0.29, 0.717) is 6.04 Å². The summed E-state index contributed by atoms with van der Waals surface area (Å²) in [5.74, 6) is 1.94. The van der Waals surface area contributed by atoms with Gasteiger partial charge in [-0.2, -0.15) is 0 Å². The first-order valence-electron chi connectivity index (χ1n) is 7.81. The normalized spacial score (nSPS) is 22.3. The van der Waals surface area contributed by atoms with Gasteiger partial charge in [0.15, 0.2) is 0 Å². The molecule has 0 aromatic carbocycles. The molecule has 2 aromatic rings. The Labute approximate surface area is 135 Å². The Morgan fingerprint density at radius 2 is 2.18 bits per heavy atom. The highest BCUT2D eigenvalue weighted by molar-refractivity contribution is 7.09. The molecule has 6 nitrogen and oxygen atoms in total. The molecule has 1 fully saturated rings. The third-order valence-electron chi connectivity index (χ3n) is 4.24. The number of ether oxygens (including phenoxy) is 1. The average Bonchev–Trinajstić information content (AvgIpc) is 3.08. The predicted octanol–water partition coefficient (Wildman–Crippen LogP) is 2.27. The van der Waals surface area contributed by atoms with Crippen molar-refractivity contribution in [2.24, 2.45) is 0 Å². The fourth-order valence-corrected chi connectivity index (χ4v) is 3.60. The van der Waals surface area contributed by atoms with Crippen LogP contribution >= 0.6 is 11.3 Å². The Balaban J connectivity index is 1.86. The van der Waals surface area contributed by atoms with E-state index < -0.39 is 0 Å². The van der Waals surface area contributed by atoms with Gasteiger partial charge in [0.05, 0.1) is 25.2 Å². The van der Waals surface area contributed by atoms with E-state index in [2.05, 4.69) is 50.8 Å². The molecule has 0 amide bonds. The lowest BCUT2D eigenvalue weighted by molar-refractivity contribution is 0.0275. The van der Waals surface area contributed by atoms with Gasteiger partial charge in [0, 0.05) is 24.2 Å². The van der Waals surface area contributed by atoms with Crippen molar-refractivity contribution in [3.63, 3.8) is 0 Å². The van der Waals surface area contributed by atoms with Gasteiger partial charge in [-0.3, -0.25) is 4.57 Å². The van der Waals surface area contributed by atoms with E-state index in [1.54, 1.807) is 11.3 Å². The number of aryl methyl sites for hydroxylation is 1. The summed E-state index contributed by atoms with van der Waals surface area (Å²) < 4.78 is 7.91. The summed E-state index contributed by atoms with van der Waals surface area (Å²) in [6.45, 7) is 10.9. The molecule has 0 radical (unpaired) electrons. The smallest absolute Gasteiger partial charge is 0.227 e. The molecular formula is C15H23N5OS. The zero-order valence-corrected chi connectivity index (χ0v) is 14.4. The predicted molar refractivity (Wildman–Crippen MR) is 87.6 cm³/mol. The van der Waals surface area contributed by atoms with Crippen LogP contribution in [0.3, 0.4) is 0 Å². The van der Waals surface area contributed by atoms with Crippen LogP contribution in [0.2, 0.25) is 0 Å². The molecule has 1 aliphatic heterocycles. The minimum Gasteiger partial charge on any atom is -0.375 e. The second-order valence-electron chi connectivity index (χ2n) is 5.73. The Bertz CT molecular complexity index is 638. The van der Waals surface area contributed by atoms with Crippen LogP contribution < -0.4 is 4.90 Å². The van der Waals surface area contributed by atoms with Crippen LogP contribution in [0, 0.1) is 6.92 Å². The summed E-state index contributed by atoms with van der Waals surface area (Å²) in [5, 5.41) is 12.1. The Morgan fingerprint density at radius 1 is 1.36 bits per heavy atom. The molecule has 1 saturated heterocycles. The molecule has 0 saturated carbocycles. The van der Waals surface area contributed by atoms with Crippen molar-refractivity contribution >= 4 is 17.3 Å². The third-order valence-corrected chi connectivity index (χ3v) is 5.21. The molecule has 0 aliphatic carbocycles. The van der Waals surface area contributed by atoms with Crippen molar-refractivity contribution in [1.29, 1.82) is 0 Å². The van der Waals surface area contributed by atoms with Gasteiger partial charge < -0.3 is 9.64 Å². The Hall–Kier alpha value is -1.47. The number of rotatable bonds is 4. The molecule has 3 heterocycles. The van der Waals surface area contributed by atoms with Gasteiger partial charge in [-0.25, -0.2) is 4.98 Å². The maximum atomic E-state index is 5.71. The van der Waals surface area contributed by atoms with Crippen molar-refractivity contribution in [3.8, 4) is 0 Å².